The highest BCUT2D eigenvalue weighted by atomic mass is 32.2. The molecule has 1 aliphatic heterocycles. The minimum absolute atomic E-state index is 0.0361. The molecule has 28 heavy (non-hydrogen) atoms. The van der Waals surface area contributed by atoms with Crippen LogP contribution in [0.1, 0.15) is 6.92 Å². The monoisotopic (exact) mass is 413 g/mol. The fourth-order valence-corrected chi connectivity index (χ4v) is 4.65. The SMILES string of the molecule is CSc1cccc(NC(=O)C(C)N2CCN(c3ncnc4sccc34)CC2)c1. The number of thiophene rings is 1. The van der Waals surface area contributed by atoms with E-state index >= 15 is 0 Å². The second kappa shape index (κ2) is 8.46. The van der Waals surface area contributed by atoms with Crippen molar-refractivity contribution in [3.8, 4) is 0 Å². The van der Waals surface area contributed by atoms with Crippen LogP contribution in [-0.2, 0) is 4.79 Å². The molecule has 0 saturated carbocycles. The first-order valence-corrected chi connectivity index (χ1v) is 11.4. The molecule has 3 heterocycles. The summed E-state index contributed by atoms with van der Waals surface area (Å²) in [6.45, 7) is 5.33. The van der Waals surface area contributed by atoms with Crippen molar-refractivity contribution >= 4 is 50.7 Å². The summed E-state index contributed by atoms with van der Waals surface area (Å²) in [5.41, 5.74) is 0.850. The van der Waals surface area contributed by atoms with Crippen LogP contribution in [0.2, 0.25) is 0 Å². The third kappa shape index (κ3) is 3.99. The van der Waals surface area contributed by atoms with Crippen molar-refractivity contribution < 1.29 is 4.79 Å². The van der Waals surface area contributed by atoms with E-state index in [9.17, 15) is 4.79 Å². The van der Waals surface area contributed by atoms with Crippen molar-refractivity contribution in [2.24, 2.45) is 0 Å². The lowest BCUT2D eigenvalue weighted by atomic mass is 10.2. The Hall–Kier alpha value is -2.16. The van der Waals surface area contributed by atoms with Crippen LogP contribution in [0, 0.1) is 0 Å². The van der Waals surface area contributed by atoms with Gasteiger partial charge in [0, 0.05) is 36.8 Å². The second-order valence-electron chi connectivity index (χ2n) is 6.76. The van der Waals surface area contributed by atoms with Gasteiger partial charge >= 0.3 is 0 Å². The van der Waals surface area contributed by atoms with E-state index in [1.165, 1.54) is 0 Å². The summed E-state index contributed by atoms with van der Waals surface area (Å²) < 4.78 is 0. The maximum Gasteiger partial charge on any atom is 0.241 e. The van der Waals surface area contributed by atoms with Gasteiger partial charge in [0.2, 0.25) is 5.91 Å². The van der Waals surface area contributed by atoms with E-state index in [0.717, 1.165) is 52.8 Å². The predicted octanol–water partition coefficient (Wildman–Crippen LogP) is 3.56. The average Bonchev–Trinajstić information content (AvgIpc) is 3.22. The number of piperazine rings is 1. The van der Waals surface area contributed by atoms with Crippen molar-refractivity contribution in [1.82, 2.24) is 14.9 Å². The van der Waals surface area contributed by atoms with Gasteiger partial charge in [0.25, 0.3) is 0 Å². The normalized spacial score (nSPS) is 16.3. The van der Waals surface area contributed by atoms with Crippen molar-refractivity contribution in [3.63, 3.8) is 0 Å². The third-order valence-corrected chi connectivity index (χ3v) is 6.67. The molecule has 0 bridgehead atoms. The number of anilines is 2. The molecule has 0 radical (unpaired) electrons. The molecule has 1 atom stereocenters. The second-order valence-corrected chi connectivity index (χ2v) is 8.53. The van der Waals surface area contributed by atoms with Crippen LogP contribution in [0.15, 0.2) is 46.9 Å². The van der Waals surface area contributed by atoms with Crippen molar-refractivity contribution in [1.29, 1.82) is 0 Å². The topological polar surface area (TPSA) is 61.4 Å². The number of carbonyl (C=O) groups is 1. The van der Waals surface area contributed by atoms with Gasteiger partial charge in [-0.2, -0.15) is 0 Å². The van der Waals surface area contributed by atoms with Crippen molar-refractivity contribution in [2.75, 3.05) is 42.7 Å². The summed E-state index contributed by atoms with van der Waals surface area (Å²) in [7, 11) is 0. The van der Waals surface area contributed by atoms with Crippen molar-refractivity contribution in [2.45, 2.75) is 17.9 Å². The number of hydrogen-bond donors (Lipinski definition) is 1. The smallest absolute Gasteiger partial charge is 0.241 e. The van der Waals surface area contributed by atoms with Gasteiger partial charge in [0.1, 0.15) is 17.0 Å². The number of rotatable bonds is 5. The Labute approximate surface area is 173 Å². The number of fused-ring (bicyclic) bond motifs is 1. The minimum Gasteiger partial charge on any atom is -0.353 e. The Morgan fingerprint density at radius 1 is 1.21 bits per heavy atom. The highest BCUT2D eigenvalue weighted by Gasteiger charge is 2.27. The van der Waals surface area contributed by atoms with E-state index in [0.29, 0.717) is 0 Å². The first-order chi connectivity index (χ1) is 13.7. The van der Waals surface area contributed by atoms with Crippen LogP contribution < -0.4 is 10.2 Å². The molecule has 1 fully saturated rings. The lowest BCUT2D eigenvalue weighted by Gasteiger charge is -2.38. The Balaban J connectivity index is 1.37. The van der Waals surface area contributed by atoms with Crippen LogP contribution in [0.4, 0.5) is 11.5 Å². The van der Waals surface area contributed by atoms with Crippen LogP contribution in [0.25, 0.3) is 10.2 Å². The van der Waals surface area contributed by atoms with Gasteiger partial charge in [-0.25, -0.2) is 9.97 Å². The van der Waals surface area contributed by atoms with Crippen LogP contribution >= 0.6 is 23.1 Å². The van der Waals surface area contributed by atoms with E-state index in [1.54, 1.807) is 29.4 Å². The molecular formula is C20H23N5OS2. The third-order valence-electron chi connectivity index (χ3n) is 5.12. The number of aromatic nitrogens is 2. The number of amides is 1. The number of nitrogens with zero attached hydrogens (tertiary/aromatic N) is 4. The van der Waals surface area contributed by atoms with E-state index in [1.807, 2.05) is 37.4 Å². The van der Waals surface area contributed by atoms with Gasteiger partial charge in [-0.1, -0.05) is 6.07 Å². The number of carbonyl (C=O) groups excluding carboxylic acids is 1. The highest BCUT2D eigenvalue weighted by molar-refractivity contribution is 7.98. The molecule has 1 aliphatic rings. The van der Waals surface area contributed by atoms with E-state index in [2.05, 4.69) is 36.5 Å². The molecule has 1 aromatic carbocycles. The Morgan fingerprint density at radius 2 is 2.04 bits per heavy atom. The summed E-state index contributed by atoms with van der Waals surface area (Å²) in [6, 6.07) is 9.86. The maximum atomic E-state index is 12.7. The van der Waals surface area contributed by atoms with Gasteiger partial charge in [-0.15, -0.1) is 23.1 Å². The Kier molecular flexibility index (Phi) is 5.79. The van der Waals surface area contributed by atoms with Gasteiger partial charge in [0.15, 0.2) is 0 Å². The summed E-state index contributed by atoms with van der Waals surface area (Å²) in [5.74, 6) is 1.03. The molecule has 1 saturated heterocycles. The highest BCUT2D eigenvalue weighted by Crippen LogP contribution is 2.27. The molecule has 1 amide bonds. The van der Waals surface area contributed by atoms with Crippen LogP contribution in [0.5, 0.6) is 0 Å². The average molecular weight is 414 g/mol. The largest absolute Gasteiger partial charge is 0.353 e. The van der Waals surface area contributed by atoms with E-state index in [4.69, 9.17) is 0 Å². The number of nitrogens with one attached hydrogen (secondary N) is 1. The zero-order chi connectivity index (χ0) is 19.5. The molecule has 4 rings (SSSR count). The molecule has 1 unspecified atom stereocenters. The first kappa shape index (κ1) is 19.2. The van der Waals surface area contributed by atoms with Gasteiger partial charge in [0.05, 0.1) is 11.4 Å². The molecule has 3 aromatic rings. The maximum absolute atomic E-state index is 12.7. The number of thioether (sulfide) groups is 1. The summed E-state index contributed by atoms with van der Waals surface area (Å²) in [5, 5.41) is 6.22. The first-order valence-electron chi connectivity index (χ1n) is 9.28. The number of hydrogen-bond acceptors (Lipinski definition) is 7. The molecule has 146 valence electrons. The van der Waals surface area contributed by atoms with E-state index < -0.39 is 0 Å². The molecule has 6 nitrogen and oxygen atoms in total. The molecule has 2 aromatic heterocycles. The molecular weight excluding hydrogens is 390 g/mol. The molecule has 0 spiro atoms. The molecule has 8 heteroatoms. The fourth-order valence-electron chi connectivity index (χ4n) is 3.46. The van der Waals surface area contributed by atoms with Gasteiger partial charge < -0.3 is 10.2 Å². The van der Waals surface area contributed by atoms with Crippen molar-refractivity contribution in [3.05, 3.63) is 42.0 Å². The Morgan fingerprint density at radius 3 is 2.82 bits per heavy atom. The number of benzene rings is 1. The summed E-state index contributed by atoms with van der Waals surface area (Å²) >= 11 is 3.30. The standard InChI is InChI=1S/C20H23N5OS2/c1-14(19(26)23-15-4-3-5-16(12-15)27-2)24-7-9-25(10-8-24)18-17-6-11-28-20(17)22-13-21-18/h3-6,11-14H,7-10H2,1-2H3,(H,23,26). The predicted molar refractivity (Wildman–Crippen MR) is 118 cm³/mol. The Bertz CT molecular complexity index is 968. The quantitative estimate of drug-likeness (QED) is 0.646. The molecule has 1 N–H and O–H groups in total. The van der Waals surface area contributed by atoms with Gasteiger partial charge in [-0.05, 0) is 42.8 Å². The van der Waals surface area contributed by atoms with E-state index in [-0.39, 0.29) is 11.9 Å². The zero-order valence-electron chi connectivity index (χ0n) is 16.0. The van der Waals surface area contributed by atoms with Gasteiger partial charge in [-0.3, -0.25) is 9.69 Å². The lowest BCUT2D eigenvalue weighted by molar-refractivity contribution is -0.120. The molecule has 0 aliphatic carbocycles. The van der Waals surface area contributed by atoms with Crippen LogP contribution in [-0.4, -0.2) is 59.3 Å². The fraction of sp³-hybridized carbons (Fsp3) is 0.350. The summed E-state index contributed by atoms with van der Waals surface area (Å²) in [6.07, 6.45) is 3.67. The summed E-state index contributed by atoms with van der Waals surface area (Å²) in [4.78, 5) is 28.2. The minimum atomic E-state index is -0.174. The zero-order valence-corrected chi connectivity index (χ0v) is 17.6. The lowest BCUT2D eigenvalue weighted by Crippen LogP contribution is -2.53. The van der Waals surface area contributed by atoms with Crippen LogP contribution in [0.3, 0.4) is 0 Å².